The smallest absolute Gasteiger partial charge is 0.245 e. The van der Waals surface area contributed by atoms with Crippen LogP contribution in [0.5, 0.6) is 0 Å². The molecular weight excluding hydrogens is 564 g/mol. The third kappa shape index (κ3) is 12.4. The summed E-state index contributed by atoms with van der Waals surface area (Å²) in [6, 6.07) is -3.95. The molecule has 44 heavy (non-hydrogen) atoms. The fourth-order valence-electron chi connectivity index (χ4n) is 4.94. The molecule has 1 heterocycles. The first-order chi connectivity index (χ1) is 20.0. The second-order valence-corrected chi connectivity index (χ2v) is 14.9. The number of carbonyl (C=O) groups is 6. The van der Waals surface area contributed by atoms with Gasteiger partial charge in [0.05, 0.1) is 0 Å². The molecule has 0 aromatic carbocycles. The van der Waals surface area contributed by atoms with Crippen LogP contribution in [0.2, 0.25) is 0 Å². The Labute approximate surface area is 263 Å². The van der Waals surface area contributed by atoms with Gasteiger partial charge in [0.1, 0.15) is 35.2 Å². The van der Waals surface area contributed by atoms with Gasteiger partial charge >= 0.3 is 0 Å². The summed E-state index contributed by atoms with van der Waals surface area (Å²) in [7, 11) is 0. The quantitative estimate of drug-likeness (QED) is 0.241. The van der Waals surface area contributed by atoms with Crippen LogP contribution < -0.4 is 31.9 Å². The van der Waals surface area contributed by atoms with Crippen molar-refractivity contribution in [1.29, 1.82) is 0 Å². The highest BCUT2D eigenvalue weighted by atomic mass is 16.2. The Bertz CT molecular complexity index is 954. The first-order valence-corrected chi connectivity index (χ1v) is 15.9. The van der Waals surface area contributed by atoms with Gasteiger partial charge in [-0.05, 0) is 77.0 Å². The summed E-state index contributed by atoms with van der Waals surface area (Å²) >= 11 is 0. The number of carbonyl (C=O) groups excluding carboxylic acids is 6. The van der Waals surface area contributed by atoms with Crippen molar-refractivity contribution in [1.82, 2.24) is 31.9 Å². The van der Waals surface area contributed by atoms with E-state index in [1.54, 1.807) is 0 Å². The summed E-state index contributed by atoms with van der Waals surface area (Å²) in [5.41, 5.74) is -2.88. The molecule has 0 bridgehead atoms. The second kappa shape index (κ2) is 16.2. The van der Waals surface area contributed by atoms with Gasteiger partial charge in [-0.25, -0.2) is 0 Å². The summed E-state index contributed by atoms with van der Waals surface area (Å²) in [6.45, 7) is 21.3. The highest BCUT2D eigenvalue weighted by molar-refractivity contribution is 5.99. The average Bonchev–Trinajstić information content (AvgIpc) is 2.84. The molecule has 1 aliphatic heterocycles. The predicted molar refractivity (Wildman–Crippen MR) is 170 cm³/mol. The first-order valence-electron chi connectivity index (χ1n) is 15.9. The van der Waals surface area contributed by atoms with Gasteiger partial charge in [0.25, 0.3) is 0 Å². The molecule has 0 saturated carbocycles. The van der Waals surface area contributed by atoms with Gasteiger partial charge in [0, 0.05) is 0 Å². The fourth-order valence-corrected chi connectivity index (χ4v) is 4.94. The minimum absolute atomic E-state index is 0.0195. The standard InChI is InChI=1S/C32H58N6O6/c1-17(2)13-21-25(39)33-23(15-19(5)6)27(41)38-32(11,12)30(44)36-22(14-18(3)4)26(40)34-24(16-20(7)8)28(42)37-31(9,10)29(43)35-21/h17-24H,13-16H2,1-12H3,(H,33,39)(H,34,40)(H,35,43)(H,36,44)(H,37,42)(H,38,41)/t21-,22-,23+,24+/m0/s1. The Morgan fingerprint density at radius 2 is 0.659 bits per heavy atom. The third-order valence-corrected chi connectivity index (χ3v) is 7.34. The number of hydrogen-bond acceptors (Lipinski definition) is 6. The van der Waals surface area contributed by atoms with Gasteiger partial charge in [-0.2, -0.15) is 0 Å². The van der Waals surface area contributed by atoms with Crippen molar-refractivity contribution in [3.63, 3.8) is 0 Å². The van der Waals surface area contributed by atoms with E-state index in [1.807, 2.05) is 55.4 Å². The average molecular weight is 623 g/mol. The molecular formula is C32H58N6O6. The van der Waals surface area contributed by atoms with E-state index in [-0.39, 0.29) is 49.4 Å². The molecule has 0 aliphatic carbocycles. The minimum Gasteiger partial charge on any atom is -0.343 e. The minimum atomic E-state index is -1.44. The molecule has 0 unspecified atom stereocenters. The van der Waals surface area contributed by atoms with Crippen LogP contribution in [0.1, 0.15) is 109 Å². The van der Waals surface area contributed by atoms with E-state index in [2.05, 4.69) is 31.9 Å². The van der Waals surface area contributed by atoms with Crippen LogP contribution in [0.4, 0.5) is 0 Å². The maximum atomic E-state index is 13.6. The van der Waals surface area contributed by atoms with Crippen molar-refractivity contribution in [2.24, 2.45) is 23.7 Å². The van der Waals surface area contributed by atoms with Crippen LogP contribution in [-0.4, -0.2) is 70.7 Å². The Morgan fingerprint density at radius 1 is 0.432 bits per heavy atom. The van der Waals surface area contributed by atoms with Crippen LogP contribution in [-0.2, 0) is 28.8 Å². The molecule has 0 aromatic heterocycles. The van der Waals surface area contributed by atoms with E-state index < -0.39 is 70.7 Å². The Hall–Kier alpha value is -3.18. The topological polar surface area (TPSA) is 175 Å². The van der Waals surface area contributed by atoms with Crippen LogP contribution in [0, 0.1) is 23.7 Å². The van der Waals surface area contributed by atoms with Crippen molar-refractivity contribution in [2.45, 2.75) is 144 Å². The molecule has 252 valence electrons. The Balaban J connectivity index is 3.67. The van der Waals surface area contributed by atoms with Gasteiger partial charge in [-0.1, -0.05) is 55.4 Å². The predicted octanol–water partition coefficient (Wildman–Crippen LogP) is 1.91. The molecule has 1 fully saturated rings. The molecule has 0 aromatic rings. The van der Waals surface area contributed by atoms with E-state index in [0.29, 0.717) is 0 Å². The van der Waals surface area contributed by atoms with Crippen molar-refractivity contribution in [3.05, 3.63) is 0 Å². The van der Waals surface area contributed by atoms with Gasteiger partial charge in [-0.15, -0.1) is 0 Å². The number of hydrogen-bond donors (Lipinski definition) is 6. The highest BCUT2D eigenvalue weighted by Crippen LogP contribution is 2.15. The summed E-state index contributed by atoms with van der Waals surface area (Å²) in [4.78, 5) is 81.2. The van der Waals surface area contributed by atoms with Gasteiger partial charge in [-0.3, -0.25) is 28.8 Å². The zero-order chi connectivity index (χ0) is 34.2. The lowest BCUT2D eigenvalue weighted by atomic mass is 9.95. The van der Waals surface area contributed by atoms with Crippen LogP contribution >= 0.6 is 0 Å². The van der Waals surface area contributed by atoms with E-state index in [1.165, 1.54) is 27.7 Å². The highest BCUT2D eigenvalue weighted by Gasteiger charge is 2.39. The molecule has 6 amide bonds. The first kappa shape index (κ1) is 38.8. The SMILES string of the molecule is CC(C)C[C@@H]1NC(=O)C(C)(C)NC(=O)[C@@H](CC(C)C)NC(=O)[C@H](CC(C)C)NC(=O)C(C)(C)NC(=O)[C@@H](CC(C)C)NC1=O. The monoisotopic (exact) mass is 622 g/mol. The van der Waals surface area contributed by atoms with Gasteiger partial charge in [0.2, 0.25) is 35.4 Å². The molecule has 1 saturated heterocycles. The maximum absolute atomic E-state index is 13.6. The Kier molecular flexibility index (Phi) is 14.3. The van der Waals surface area contributed by atoms with Gasteiger partial charge in [0.15, 0.2) is 0 Å². The lowest BCUT2D eigenvalue weighted by molar-refractivity contribution is -0.139. The summed E-state index contributed by atoms with van der Waals surface area (Å²) in [6.07, 6.45) is 1.15. The zero-order valence-electron chi connectivity index (χ0n) is 28.9. The summed E-state index contributed by atoms with van der Waals surface area (Å²) < 4.78 is 0. The normalized spacial score (nSPS) is 25.9. The largest absolute Gasteiger partial charge is 0.343 e. The molecule has 0 radical (unpaired) electrons. The molecule has 12 heteroatoms. The van der Waals surface area contributed by atoms with Crippen molar-refractivity contribution in [3.8, 4) is 0 Å². The number of rotatable bonds is 8. The molecule has 4 atom stereocenters. The van der Waals surface area contributed by atoms with Crippen molar-refractivity contribution in [2.75, 3.05) is 0 Å². The van der Waals surface area contributed by atoms with E-state index >= 15 is 0 Å². The lowest BCUT2D eigenvalue weighted by Crippen LogP contribution is -2.65. The van der Waals surface area contributed by atoms with E-state index in [0.717, 1.165) is 0 Å². The van der Waals surface area contributed by atoms with E-state index in [9.17, 15) is 28.8 Å². The molecule has 0 spiro atoms. The molecule has 1 aliphatic rings. The summed E-state index contributed by atoms with van der Waals surface area (Å²) in [5.74, 6) is -3.29. The van der Waals surface area contributed by atoms with E-state index in [4.69, 9.17) is 0 Å². The van der Waals surface area contributed by atoms with Crippen LogP contribution in [0.15, 0.2) is 0 Å². The Morgan fingerprint density at radius 3 is 0.886 bits per heavy atom. The molecule has 1 rings (SSSR count). The van der Waals surface area contributed by atoms with Gasteiger partial charge < -0.3 is 31.9 Å². The third-order valence-electron chi connectivity index (χ3n) is 7.34. The molecule has 12 nitrogen and oxygen atoms in total. The zero-order valence-corrected chi connectivity index (χ0v) is 28.9. The lowest BCUT2D eigenvalue weighted by Gasteiger charge is -2.34. The van der Waals surface area contributed by atoms with Crippen molar-refractivity contribution >= 4 is 35.4 Å². The van der Waals surface area contributed by atoms with Crippen LogP contribution in [0.25, 0.3) is 0 Å². The van der Waals surface area contributed by atoms with Crippen LogP contribution in [0.3, 0.4) is 0 Å². The fraction of sp³-hybridized carbons (Fsp3) is 0.812. The molecule has 6 N–H and O–H groups in total. The second-order valence-electron chi connectivity index (χ2n) is 14.9. The maximum Gasteiger partial charge on any atom is 0.245 e. The number of nitrogens with one attached hydrogen (secondary N) is 6. The number of amides is 6. The summed E-state index contributed by atoms with van der Waals surface area (Å²) in [5, 5.41) is 16.6. The van der Waals surface area contributed by atoms with Crippen molar-refractivity contribution < 1.29 is 28.8 Å².